The fourth-order valence-electron chi connectivity index (χ4n) is 3.54. The Bertz CT molecular complexity index is 741. The van der Waals surface area contributed by atoms with Crippen molar-refractivity contribution in [3.8, 4) is 0 Å². The largest absolute Gasteiger partial charge is 0.368 e. The van der Waals surface area contributed by atoms with Crippen molar-refractivity contribution in [3.63, 3.8) is 0 Å². The first-order valence-electron chi connectivity index (χ1n) is 8.95. The predicted molar refractivity (Wildman–Crippen MR) is 96.4 cm³/mol. The number of aryl methyl sites for hydroxylation is 2. The Balaban J connectivity index is 1.80. The van der Waals surface area contributed by atoms with Gasteiger partial charge in [-0.2, -0.15) is 0 Å². The van der Waals surface area contributed by atoms with Crippen LogP contribution < -0.4 is 10.6 Å². The third-order valence-electron chi connectivity index (χ3n) is 4.57. The Hall–Kier alpha value is -2.44. The van der Waals surface area contributed by atoms with Crippen LogP contribution in [0.4, 0.5) is 5.82 Å². The van der Waals surface area contributed by atoms with Crippen molar-refractivity contribution in [3.05, 3.63) is 35.8 Å². The van der Waals surface area contributed by atoms with Crippen molar-refractivity contribution >= 4 is 11.7 Å². The van der Waals surface area contributed by atoms with Crippen molar-refractivity contribution in [2.75, 3.05) is 18.0 Å². The van der Waals surface area contributed by atoms with E-state index in [0.29, 0.717) is 0 Å². The maximum atomic E-state index is 11.3. The lowest BCUT2D eigenvalue weighted by atomic mass is 9.97. The second-order valence-electron chi connectivity index (χ2n) is 6.68. The number of carbonyl (C=O) groups excluding carboxylic acids is 1. The summed E-state index contributed by atoms with van der Waals surface area (Å²) in [5.74, 6) is 2.67. The average molecular weight is 342 g/mol. The van der Waals surface area contributed by atoms with Gasteiger partial charge in [-0.25, -0.2) is 15.0 Å². The molecule has 1 saturated heterocycles. The van der Waals surface area contributed by atoms with E-state index < -0.39 is 0 Å². The molecule has 0 bridgehead atoms. The Labute approximate surface area is 148 Å². The van der Waals surface area contributed by atoms with E-state index in [4.69, 9.17) is 5.73 Å². The molecule has 2 aromatic heterocycles. The maximum Gasteiger partial charge on any atom is 0.237 e. The quantitative estimate of drug-likeness (QED) is 0.864. The van der Waals surface area contributed by atoms with Crippen molar-refractivity contribution in [2.24, 2.45) is 5.73 Å². The van der Waals surface area contributed by atoms with Gasteiger partial charge in [0.15, 0.2) is 0 Å². The molecule has 0 aliphatic carbocycles. The molecule has 1 aliphatic heterocycles. The van der Waals surface area contributed by atoms with Crippen LogP contribution in [0, 0.1) is 6.92 Å². The fraction of sp³-hybridized carbons (Fsp3) is 0.556. The minimum Gasteiger partial charge on any atom is -0.368 e. The van der Waals surface area contributed by atoms with Gasteiger partial charge in [-0.05, 0) is 26.2 Å². The number of hydrogen-bond donors (Lipinski definition) is 1. The molecule has 1 fully saturated rings. The highest BCUT2D eigenvalue weighted by atomic mass is 16.1. The van der Waals surface area contributed by atoms with Gasteiger partial charge in [-0.1, -0.05) is 13.3 Å². The number of anilines is 1. The van der Waals surface area contributed by atoms with E-state index >= 15 is 0 Å². The topological polar surface area (TPSA) is 89.9 Å². The third kappa shape index (κ3) is 4.15. The molecule has 2 N–H and O–H groups in total. The van der Waals surface area contributed by atoms with E-state index in [9.17, 15) is 4.79 Å². The van der Waals surface area contributed by atoms with Gasteiger partial charge in [0, 0.05) is 43.2 Å². The summed E-state index contributed by atoms with van der Waals surface area (Å²) in [6.45, 7) is 6.11. The highest BCUT2D eigenvalue weighted by Gasteiger charge is 2.26. The summed E-state index contributed by atoms with van der Waals surface area (Å²) >= 11 is 0. The monoisotopic (exact) mass is 342 g/mol. The number of primary amides is 1. The standard InChI is InChI=1S/C18H26N6O/c1-3-5-15-10-17(22-13(2)21-15)23-8-4-6-14(11-23)18-20-7-9-24(18)12-16(19)25/h7,9-10,14H,3-6,8,11-12H2,1-2H3,(H2,19,25)/t14-/m1/s1. The number of rotatable bonds is 6. The van der Waals surface area contributed by atoms with Crippen LogP contribution in [0.25, 0.3) is 0 Å². The van der Waals surface area contributed by atoms with Crippen LogP contribution in [0.3, 0.4) is 0 Å². The van der Waals surface area contributed by atoms with Crippen LogP contribution in [-0.4, -0.2) is 38.5 Å². The highest BCUT2D eigenvalue weighted by Crippen LogP contribution is 2.28. The number of piperidine rings is 1. The fourth-order valence-corrected chi connectivity index (χ4v) is 3.54. The van der Waals surface area contributed by atoms with Crippen LogP contribution in [0.2, 0.25) is 0 Å². The molecule has 1 atom stereocenters. The third-order valence-corrected chi connectivity index (χ3v) is 4.57. The zero-order valence-corrected chi connectivity index (χ0v) is 15.0. The average Bonchev–Trinajstić information content (AvgIpc) is 3.02. The van der Waals surface area contributed by atoms with Gasteiger partial charge in [-0.15, -0.1) is 0 Å². The van der Waals surface area contributed by atoms with Gasteiger partial charge < -0.3 is 15.2 Å². The first-order chi connectivity index (χ1) is 12.1. The van der Waals surface area contributed by atoms with Gasteiger partial charge in [0.25, 0.3) is 0 Å². The maximum absolute atomic E-state index is 11.3. The summed E-state index contributed by atoms with van der Waals surface area (Å²) < 4.78 is 1.87. The van der Waals surface area contributed by atoms with E-state index in [0.717, 1.165) is 61.9 Å². The van der Waals surface area contributed by atoms with E-state index in [1.165, 1.54) is 0 Å². The summed E-state index contributed by atoms with van der Waals surface area (Å²) in [6.07, 6.45) is 7.73. The molecule has 0 saturated carbocycles. The van der Waals surface area contributed by atoms with Gasteiger partial charge in [0.2, 0.25) is 5.91 Å². The molecule has 2 aromatic rings. The lowest BCUT2D eigenvalue weighted by Crippen LogP contribution is -2.36. The Morgan fingerprint density at radius 2 is 2.24 bits per heavy atom. The van der Waals surface area contributed by atoms with Gasteiger partial charge in [0.05, 0.1) is 0 Å². The minimum absolute atomic E-state index is 0.180. The Morgan fingerprint density at radius 1 is 1.40 bits per heavy atom. The van der Waals surface area contributed by atoms with Crippen LogP contribution in [-0.2, 0) is 17.8 Å². The second-order valence-corrected chi connectivity index (χ2v) is 6.68. The lowest BCUT2D eigenvalue weighted by molar-refractivity contribution is -0.118. The van der Waals surface area contributed by atoms with Crippen molar-refractivity contribution in [1.82, 2.24) is 19.5 Å². The predicted octanol–water partition coefficient (Wildman–Crippen LogP) is 1.80. The molecule has 1 amide bonds. The highest BCUT2D eigenvalue weighted by molar-refractivity contribution is 5.73. The Morgan fingerprint density at radius 3 is 3.00 bits per heavy atom. The normalized spacial score (nSPS) is 17.7. The number of hydrogen-bond acceptors (Lipinski definition) is 5. The number of amides is 1. The number of aromatic nitrogens is 4. The van der Waals surface area contributed by atoms with E-state index in [1.807, 2.05) is 17.7 Å². The zero-order valence-electron chi connectivity index (χ0n) is 15.0. The molecule has 0 aromatic carbocycles. The zero-order chi connectivity index (χ0) is 17.8. The molecule has 3 heterocycles. The molecule has 0 spiro atoms. The molecular weight excluding hydrogens is 316 g/mol. The SMILES string of the molecule is CCCc1cc(N2CCC[C@@H](c3nccn3CC(N)=O)C2)nc(C)n1. The van der Waals surface area contributed by atoms with Gasteiger partial charge in [-0.3, -0.25) is 4.79 Å². The number of nitrogens with zero attached hydrogens (tertiary/aromatic N) is 5. The first-order valence-corrected chi connectivity index (χ1v) is 8.95. The summed E-state index contributed by atoms with van der Waals surface area (Å²) in [7, 11) is 0. The van der Waals surface area contributed by atoms with Crippen LogP contribution in [0.15, 0.2) is 18.5 Å². The summed E-state index contributed by atoms with van der Waals surface area (Å²) in [5.41, 5.74) is 6.45. The Kier molecular flexibility index (Phi) is 5.31. The van der Waals surface area contributed by atoms with E-state index in [1.54, 1.807) is 6.20 Å². The number of carbonyl (C=O) groups is 1. The van der Waals surface area contributed by atoms with Crippen molar-refractivity contribution < 1.29 is 4.79 Å². The molecule has 25 heavy (non-hydrogen) atoms. The number of nitrogens with two attached hydrogens (primary N) is 1. The summed E-state index contributed by atoms with van der Waals surface area (Å²) in [4.78, 5) is 27.2. The molecule has 7 nitrogen and oxygen atoms in total. The summed E-state index contributed by atoms with van der Waals surface area (Å²) in [5, 5.41) is 0. The molecule has 3 rings (SSSR count). The van der Waals surface area contributed by atoms with Gasteiger partial charge >= 0.3 is 0 Å². The molecule has 0 unspecified atom stereocenters. The van der Waals surface area contributed by atoms with Crippen molar-refractivity contribution in [1.29, 1.82) is 0 Å². The smallest absolute Gasteiger partial charge is 0.237 e. The van der Waals surface area contributed by atoms with Crippen molar-refractivity contribution in [2.45, 2.75) is 52.0 Å². The van der Waals surface area contributed by atoms with E-state index in [-0.39, 0.29) is 18.4 Å². The lowest BCUT2D eigenvalue weighted by Gasteiger charge is -2.33. The van der Waals surface area contributed by atoms with Crippen LogP contribution in [0.1, 0.15) is 49.4 Å². The first kappa shape index (κ1) is 17.4. The molecule has 134 valence electrons. The number of imidazole rings is 1. The van der Waals surface area contributed by atoms with Crippen LogP contribution in [0.5, 0.6) is 0 Å². The van der Waals surface area contributed by atoms with Crippen LogP contribution >= 0.6 is 0 Å². The second kappa shape index (κ2) is 7.63. The minimum atomic E-state index is -0.345. The van der Waals surface area contributed by atoms with Gasteiger partial charge in [0.1, 0.15) is 24.0 Å². The molecule has 0 radical (unpaired) electrons. The summed E-state index contributed by atoms with van der Waals surface area (Å²) in [6, 6.07) is 2.11. The van der Waals surface area contributed by atoms with E-state index in [2.05, 4.69) is 32.8 Å². The molecular formula is C18H26N6O. The molecule has 7 heteroatoms. The molecule has 1 aliphatic rings.